The summed E-state index contributed by atoms with van der Waals surface area (Å²) in [7, 11) is -2.24. The zero-order chi connectivity index (χ0) is 19.3. The zero-order valence-electron chi connectivity index (χ0n) is 15.6. The summed E-state index contributed by atoms with van der Waals surface area (Å²) in [6.45, 7) is 2.96. The fraction of sp³-hybridized carbons (Fsp3) is 0.526. The molecule has 148 valence electrons. The van der Waals surface area contributed by atoms with Crippen molar-refractivity contribution in [1.29, 1.82) is 0 Å². The first kappa shape index (κ1) is 19.9. The number of hydrogen-bond donors (Lipinski definition) is 0. The van der Waals surface area contributed by atoms with E-state index in [4.69, 9.17) is 9.47 Å². The van der Waals surface area contributed by atoms with Crippen molar-refractivity contribution in [2.75, 3.05) is 46.5 Å². The van der Waals surface area contributed by atoms with Crippen molar-refractivity contribution in [3.8, 4) is 5.75 Å². The molecule has 0 radical (unpaired) electrons. The summed E-state index contributed by atoms with van der Waals surface area (Å²) in [6, 6.07) is 4.93. The molecular weight excluding hydrogens is 368 g/mol. The Morgan fingerprint density at radius 1 is 1.11 bits per heavy atom. The molecule has 3 rings (SSSR count). The predicted molar refractivity (Wildman–Crippen MR) is 102 cm³/mol. The first-order valence-electron chi connectivity index (χ1n) is 9.25. The van der Waals surface area contributed by atoms with Gasteiger partial charge in [0, 0.05) is 32.3 Å². The third-order valence-corrected chi connectivity index (χ3v) is 6.78. The first-order valence-corrected chi connectivity index (χ1v) is 10.7. The van der Waals surface area contributed by atoms with E-state index in [1.54, 1.807) is 24.3 Å². The lowest BCUT2D eigenvalue weighted by atomic mass is 10.1. The van der Waals surface area contributed by atoms with E-state index >= 15 is 0 Å². The van der Waals surface area contributed by atoms with Crippen LogP contribution in [-0.2, 0) is 19.6 Å². The quantitative estimate of drug-likeness (QED) is 0.711. The van der Waals surface area contributed by atoms with Gasteiger partial charge in [0.15, 0.2) is 0 Å². The van der Waals surface area contributed by atoms with Crippen LogP contribution in [0.5, 0.6) is 5.75 Å². The number of hydrogen-bond acceptors (Lipinski definition) is 5. The molecule has 1 aromatic rings. The molecule has 8 heteroatoms. The highest BCUT2D eigenvalue weighted by atomic mass is 32.2. The Balaban J connectivity index is 1.82. The minimum absolute atomic E-state index is 0.0388. The van der Waals surface area contributed by atoms with Gasteiger partial charge in [-0.15, -0.1) is 0 Å². The number of rotatable bonds is 5. The summed E-state index contributed by atoms with van der Waals surface area (Å²) in [5.41, 5.74) is 0.646. The van der Waals surface area contributed by atoms with E-state index in [2.05, 4.69) is 0 Å². The van der Waals surface area contributed by atoms with E-state index in [0.717, 1.165) is 32.4 Å². The van der Waals surface area contributed by atoms with E-state index in [-0.39, 0.29) is 10.8 Å². The number of carbonyl (C=O) groups excluding carboxylic acids is 1. The van der Waals surface area contributed by atoms with Crippen LogP contribution in [0.4, 0.5) is 0 Å². The lowest BCUT2D eigenvalue weighted by Crippen LogP contribution is -2.40. The maximum Gasteiger partial charge on any atom is 0.246 e. The summed E-state index contributed by atoms with van der Waals surface area (Å²) >= 11 is 0. The van der Waals surface area contributed by atoms with Crippen molar-refractivity contribution in [2.24, 2.45) is 0 Å². The van der Waals surface area contributed by atoms with Gasteiger partial charge in [0.1, 0.15) is 10.6 Å². The van der Waals surface area contributed by atoms with Crippen LogP contribution in [0.25, 0.3) is 6.08 Å². The van der Waals surface area contributed by atoms with Crippen molar-refractivity contribution in [2.45, 2.75) is 24.2 Å². The zero-order valence-corrected chi connectivity index (χ0v) is 16.4. The van der Waals surface area contributed by atoms with E-state index in [1.807, 2.05) is 4.90 Å². The van der Waals surface area contributed by atoms with Crippen LogP contribution in [0.3, 0.4) is 0 Å². The fourth-order valence-electron chi connectivity index (χ4n) is 3.31. The first-order chi connectivity index (χ1) is 13.0. The van der Waals surface area contributed by atoms with Gasteiger partial charge in [-0.1, -0.05) is 6.07 Å². The average Bonchev–Trinajstić information content (AvgIpc) is 2.73. The Labute approximate surface area is 160 Å². The molecule has 2 aliphatic rings. The molecule has 1 amide bonds. The van der Waals surface area contributed by atoms with E-state index in [0.29, 0.717) is 37.6 Å². The van der Waals surface area contributed by atoms with Crippen molar-refractivity contribution in [3.05, 3.63) is 29.8 Å². The van der Waals surface area contributed by atoms with Crippen LogP contribution >= 0.6 is 0 Å². The predicted octanol–water partition coefficient (Wildman–Crippen LogP) is 1.74. The third-order valence-electron chi connectivity index (χ3n) is 4.86. The molecule has 0 aromatic heterocycles. The van der Waals surface area contributed by atoms with Gasteiger partial charge in [-0.05, 0) is 43.0 Å². The third kappa shape index (κ3) is 4.69. The lowest BCUT2D eigenvalue weighted by molar-refractivity contribution is -0.126. The highest BCUT2D eigenvalue weighted by Gasteiger charge is 2.29. The fourth-order valence-corrected chi connectivity index (χ4v) is 4.91. The number of nitrogens with zero attached hydrogens (tertiary/aromatic N) is 2. The number of carbonyl (C=O) groups is 1. The van der Waals surface area contributed by atoms with Crippen molar-refractivity contribution in [1.82, 2.24) is 9.21 Å². The standard InChI is InChI=1S/C19H26N2O5S/c1-25-17-7-5-16(6-8-19(22)20-9-3-2-4-10-20)15-18(17)27(23,24)21-11-13-26-14-12-21/h5-8,15H,2-4,9-14H2,1H3. The van der Waals surface area contributed by atoms with Crippen LogP contribution in [0.15, 0.2) is 29.2 Å². The molecule has 2 aliphatic heterocycles. The molecule has 0 N–H and O–H groups in total. The van der Waals surface area contributed by atoms with E-state index in [9.17, 15) is 13.2 Å². The number of likely N-dealkylation sites (tertiary alicyclic amines) is 1. The average molecular weight is 394 g/mol. The summed E-state index contributed by atoms with van der Waals surface area (Å²) in [4.78, 5) is 14.2. The molecule has 0 saturated carbocycles. The molecule has 0 aliphatic carbocycles. The monoisotopic (exact) mass is 394 g/mol. The molecule has 7 nitrogen and oxygen atoms in total. The van der Waals surface area contributed by atoms with Gasteiger partial charge < -0.3 is 14.4 Å². The van der Waals surface area contributed by atoms with Crippen LogP contribution in [-0.4, -0.2) is 70.0 Å². The molecule has 1 aromatic carbocycles. The van der Waals surface area contributed by atoms with Crippen LogP contribution in [0.1, 0.15) is 24.8 Å². The molecule has 2 saturated heterocycles. The Morgan fingerprint density at radius 3 is 2.48 bits per heavy atom. The second-order valence-electron chi connectivity index (χ2n) is 6.65. The van der Waals surface area contributed by atoms with Gasteiger partial charge in [0.25, 0.3) is 0 Å². The van der Waals surface area contributed by atoms with Crippen LogP contribution in [0.2, 0.25) is 0 Å². The van der Waals surface area contributed by atoms with E-state index in [1.165, 1.54) is 17.5 Å². The molecule has 0 bridgehead atoms. The number of benzene rings is 1. The molecule has 2 fully saturated rings. The van der Waals surface area contributed by atoms with Crippen LogP contribution in [0, 0.1) is 0 Å². The number of ether oxygens (including phenoxy) is 2. The SMILES string of the molecule is COc1ccc(C=CC(=O)N2CCCCC2)cc1S(=O)(=O)N1CCOCC1. The molecule has 0 atom stereocenters. The highest BCUT2D eigenvalue weighted by molar-refractivity contribution is 7.89. The molecule has 27 heavy (non-hydrogen) atoms. The summed E-state index contributed by atoms with van der Waals surface area (Å²) in [5, 5.41) is 0. The minimum Gasteiger partial charge on any atom is -0.495 e. The summed E-state index contributed by atoms with van der Waals surface area (Å²) in [6.07, 6.45) is 6.40. The number of sulfonamides is 1. The lowest BCUT2D eigenvalue weighted by Gasteiger charge is -2.26. The van der Waals surface area contributed by atoms with Crippen LogP contribution < -0.4 is 4.74 Å². The van der Waals surface area contributed by atoms with Gasteiger partial charge in [0.05, 0.1) is 20.3 Å². The highest BCUT2D eigenvalue weighted by Crippen LogP contribution is 2.29. The Morgan fingerprint density at radius 2 is 1.81 bits per heavy atom. The van der Waals surface area contributed by atoms with Gasteiger partial charge >= 0.3 is 0 Å². The second kappa shape index (κ2) is 8.86. The normalized spacial score (nSPS) is 19.4. The molecule has 2 heterocycles. The van der Waals surface area contributed by atoms with Gasteiger partial charge in [-0.2, -0.15) is 4.31 Å². The molecular formula is C19H26N2O5S. The Kier molecular flexibility index (Phi) is 6.51. The summed E-state index contributed by atoms with van der Waals surface area (Å²) < 4.78 is 37.9. The van der Waals surface area contributed by atoms with Crippen molar-refractivity contribution in [3.63, 3.8) is 0 Å². The largest absolute Gasteiger partial charge is 0.495 e. The van der Waals surface area contributed by atoms with E-state index < -0.39 is 10.0 Å². The van der Waals surface area contributed by atoms with Crippen molar-refractivity contribution >= 4 is 22.0 Å². The Hall–Kier alpha value is -1.90. The number of amides is 1. The Bertz CT molecular complexity index is 794. The summed E-state index contributed by atoms with van der Waals surface area (Å²) in [5.74, 6) is 0.254. The molecule has 0 unspecified atom stereocenters. The topological polar surface area (TPSA) is 76.2 Å². The van der Waals surface area contributed by atoms with Gasteiger partial charge in [-0.3, -0.25) is 4.79 Å². The number of morpholine rings is 1. The smallest absolute Gasteiger partial charge is 0.246 e. The molecule has 0 spiro atoms. The maximum absolute atomic E-state index is 13.0. The minimum atomic E-state index is -3.69. The number of piperidine rings is 1. The maximum atomic E-state index is 13.0. The van der Waals surface area contributed by atoms with Gasteiger partial charge in [-0.25, -0.2) is 8.42 Å². The van der Waals surface area contributed by atoms with Gasteiger partial charge in [0.2, 0.25) is 15.9 Å². The van der Waals surface area contributed by atoms with Crippen molar-refractivity contribution < 1.29 is 22.7 Å². The second-order valence-corrected chi connectivity index (χ2v) is 8.55. The number of methoxy groups -OCH3 is 1.